The summed E-state index contributed by atoms with van der Waals surface area (Å²) in [5.74, 6) is 0. The number of likely N-dealkylation sites (N-methyl/N-ethyl adjacent to an activating group) is 1. The van der Waals surface area contributed by atoms with Gasteiger partial charge >= 0.3 is 0 Å². The average Bonchev–Trinajstić information content (AvgIpc) is 2.54. The van der Waals surface area contributed by atoms with E-state index in [-0.39, 0.29) is 12.1 Å². The van der Waals surface area contributed by atoms with Crippen LogP contribution in [0.2, 0.25) is 0 Å². The van der Waals surface area contributed by atoms with E-state index in [1.165, 1.54) is 12.8 Å². The molecule has 2 rings (SSSR count). The SMILES string of the molecule is CNC(CO)(CN1CCC(N(C)C)CC1)c1ccccc1. The summed E-state index contributed by atoms with van der Waals surface area (Å²) in [6.45, 7) is 3.16. The lowest BCUT2D eigenvalue weighted by Crippen LogP contribution is -2.54. The van der Waals surface area contributed by atoms with Crippen LogP contribution in [0.5, 0.6) is 0 Å². The molecular weight excluding hydrogens is 262 g/mol. The molecule has 0 saturated carbocycles. The molecule has 21 heavy (non-hydrogen) atoms. The molecule has 4 nitrogen and oxygen atoms in total. The standard InChI is InChI=1S/C17H29N3O/c1-18-17(14-21,15-7-5-4-6-8-15)13-20-11-9-16(10-12-20)19(2)3/h4-8,16,18,21H,9-14H2,1-3H3. The van der Waals surface area contributed by atoms with Crippen LogP contribution in [0.3, 0.4) is 0 Å². The minimum atomic E-state index is -0.369. The number of benzene rings is 1. The molecule has 0 bridgehead atoms. The Balaban J connectivity index is 2.04. The molecule has 118 valence electrons. The normalized spacial score (nSPS) is 20.6. The Morgan fingerprint density at radius 2 is 1.86 bits per heavy atom. The Bertz CT molecular complexity index is 409. The van der Waals surface area contributed by atoms with Crippen molar-refractivity contribution in [1.29, 1.82) is 0 Å². The van der Waals surface area contributed by atoms with Crippen LogP contribution in [0, 0.1) is 0 Å². The molecule has 0 spiro atoms. The van der Waals surface area contributed by atoms with E-state index in [9.17, 15) is 5.11 Å². The topological polar surface area (TPSA) is 38.7 Å². The van der Waals surface area contributed by atoms with Crippen LogP contribution in [-0.4, -0.2) is 68.3 Å². The number of aliphatic hydroxyl groups is 1. The molecule has 1 aliphatic heterocycles. The van der Waals surface area contributed by atoms with Crippen molar-refractivity contribution < 1.29 is 5.11 Å². The Hall–Kier alpha value is -0.940. The number of piperidine rings is 1. The fraction of sp³-hybridized carbons (Fsp3) is 0.647. The summed E-state index contributed by atoms with van der Waals surface area (Å²) < 4.78 is 0. The number of nitrogens with zero attached hydrogens (tertiary/aromatic N) is 2. The zero-order valence-corrected chi connectivity index (χ0v) is 13.5. The van der Waals surface area contributed by atoms with Gasteiger partial charge in [-0.3, -0.25) is 0 Å². The first kappa shape index (κ1) is 16.4. The van der Waals surface area contributed by atoms with Crippen molar-refractivity contribution in [2.45, 2.75) is 24.4 Å². The van der Waals surface area contributed by atoms with E-state index in [2.05, 4.69) is 41.3 Å². The molecule has 4 heteroatoms. The lowest BCUT2D eigenvalue weighted by atomic mass is 9.89. The molecule has 1 saturated heterocycles. The predicted octanol–water partition coefficient (Wildman–Crippen LogP) is 1.12. The molecule has 1 aromatic rings. The molecule has 0 amide bonds. The summed E-state index contributed by atoms with van der Waals surface area (Å²) >= 11 is 0. The zero-order chi connectivity index (χ0) is 15.3. The Kier molecular flexibility index (Phi) is 5.76. The number of likely N-dealkylation sites (tertiary alicyclic amines) is 1. The molecule has 2 N–H and O–H groups in total. The highest BCUT2D eigenvalue weighted by Crippen LogP contribution is 2.24. The Morgan fingerprint density at radius 1 is 1.24 bits per heavy atom. The van der Waals surface area contributed by atoms with Gasteiger partial charge in [-0.1, -0.05) is 30.3 Å². The van der Waals surface area contributed by atoms with Crippen LogP contribution in [0.1, 0.15) is 18.4 Å². The van der Waals surface area contributed by atoms with Gasteiger partial charge in [-0.05, 0) is 52.6 Å². The first-order chi connectivity index (χ1) is 10.1. The summed E-state index contributed by atoms with van der Waals surface area (Å²) in [6.07, 6.45) is 2.40. The van der Waals surface area contributed by atoms with Crippen LogP contribution in [0.25, 0.3) is 0 Å². The van der Waals surface area contributed by atoms with Gasteiger partial charge in [-0.25, -0.2) is 0 Å². The number of aliphatic hydroxyl groups excluding tert-OH is 1. The first-order valence-corrected chi connectivity index (χ1v) is 7.85. The van der Waals surface area contributed by atoms with E-state index in [1.807, 2.05) is 25.2 Å². The van der Waals surface area contributed by atoms with Gasteiger partial charge in [0.05, 0.1) is 12.1 Å². The van der Waals surface area contributed by atoms with Crippen LogP contribution in [0.4, 0.5) is 0 Å². The fourth-order valence-electron chi connectivity index (χ4n) is 3.27. The highest BCUT2D eigenvalue weighted by molar-refractivity contribution is 5.25. The predicted molar refractivity (Wildman–Crippen MR) is 87.4 cm³/mol. The molecule has 1 aliphatic rings. The van der Waals surface area contributed by atoms with Gasteiger partial charge in [0.25, 0.3) is 0 Å². The average molecular weight is 291 g/mol. The minimum absolute atomic E-state index is 0.112. The second-order valence-electron chi connectivity index (χ2n) is 6.33. The van der Waals surface area contributed by atoms with E-state index < -0.39 is 0 Å². The van der Waals surface area contributed by atoms with Crippen molar-refractivity contribution in [2.75, 3.05) is 47.4 Å². The molecule has 0 aromatic heterocycles. The third-order valence-electron chi connectivity index (χ3n) is 4.86. The number of hydrogen-bond acceptors (Lipinski definition) is 4. The monoisotopic (exact) mass is 291 g/mol. The van der Waals surface area contributed by atoms with E-state index in [4.69, 9.17) is 0 Å². The lowest BCUT2D eigenvalue weighted by Gasteiger charge is -2.41. The maximum Gasteiger partial charge on any atom is 0.0795 e. The molecule has 1 heterocycles. The maximum atomic E-state index is 10.0. The second-order valence-corrected chi connectivity index (χ2v) is 6.33. The summed E-state index contributed by atoms with van der Waals surface area (Å²) in [5, 5.41) is 13.4. The first-order valence-electron chi connectivity index (χ1n) is 7.85. The smallest absolute Gasteiger partial charge is 0.0795 e. The summed E-state index contributed by atoms with van der Waals surface area (Å²) in [6, 6.07) is 11.0. The van der Waals surface area contributed by atoms with E-state index in [0.717, 1.165) is 25.2 Å². The highest BCUT2D eigenvalue weighted by Gasteiger charge is 2.33. The summed E-state index contributed by atoms with van der Waals surface area (Å²) in [5.41, 5.74) is 0.788. The molecule has 1 aromatic carbocycles. The second kappa shape index (κ2) is 7.36. The van der Waals surface area contributed by atoms with E-state index in [0.29, 0.717) is 6.04 Å². The zero-order valence-electron chi connectivity index (χ0n) is 13.5. The highest BCUT2D eigenvalue weighted by atomic mass is 16.3. The maximum absolute atomic E-state index is 10.0. The molecule has 0 radical (unpaired) electrons. The van der Waals surface area contributed by atoms with Gasteiger partial charge in [-0.2, -0.15) is 0 Å². The molecule has 1 unspecified atom stereocenters. The summed E-state index contributed by atoms with van der Waals surface area (Å²) in [4.78, 5) is 4.80. The van der Waals surface area contributed by atoms with Gasteiger partial charge in [0.1, 0.15) is 0 Å². The number of hydrogen-bond donors (Lipinski definition) is 2. The van der Waals surface area contributed by atoms with E-state index >= 15 is 0 Å². The Labute approximate surface area is 128 Å². The quantitative estimate of drug-likeness (QED) is 0.824. The largest absolute Gasteiger partial charge is 0.394 e. The van der Waals surface area contributed by atoms with Crippen molar-refractivity contribution in [3.63, 3.8) is 0 Å². The van der Waals surface area contributed by atoms with Crippen molar-refractivity contribution in [2.24, 2.45) is 0 Å². The lowest BCUT2D eigenvalue weighted by molar-refractivity contribution is 0.0805. The van der Waals surface area contributed by atoms with Crippen LogP contribution < -0.4 is 5.32 Å². The Morgan fingerprint density at radius 3 is 2.33 bits per heavy atom. The molecule has 0 aliphatic carbocycles. The van der Waals surface area contributed by atoms with Gasteiger partial charge in [0, 0.05) is 12.6 Å². The van der Waals surface area contributed by atoms with Crippen molar-refractivity contribution in [1.82, 2.24) is 15.1 Å². The van der Waals surface area contributed by atoms with E-state index in [1.54, 1.807) is 0 Å². The van der Waals surface area contributed by atoms with Crippen molar-refractivity contribution in [3.8, 4) is 0 Å². The molecular formula is C17H29N3O. The van der Waals surface area contributed by atoms with Gasteiger partial charge in [0.15, 0.2) is 0 Å². The summed E-state index contributed by atoms with van der Waals surface area (Å²) in [7, 11) is 6.27. The van der Waals surface area contributed by atoms with Gasteiger partial charge in [-0.15, -0.1) is 0 Å². The van der Waals surface area contributed by atoms with Crippen LogP contribution >= 0.6 is 0 Å². The third-order valence-corrected chi connectivity index (χ3v) is 4.86. The van der Waals surface area contributed by atoms with Gasteiger partial charge in [0.2, 0.25) is 0 Å². The van der Waals surface area contributed by atoms with Crippen LogP contribution in [0.15, 0.2) is 30.3 Å². The molecule has 1 fully saturated rings. The third kappa shape index (κ3) is 3.83. The van der Waals surface area contributed by atoms with Crippen molar-refractivity contribution in [3.05, 3.63) is 35.9 Å². The van der Waals surface area contributed by atoms with Crippen LogP contribution in [-0.2, 0) is 5.54 Å². The minimum Gasteiger partial charge on any atom is -0.394 e. The molecule has 1 atom stereocenters. The number of nitrogens with one attached hydrogen (secondary N) is 1. The van der Waals surface area contributed by atoms with Crippen molar-refractivity contribution >= 4 is 0 Å². The number of rotatable bonds is 6. The fourth-order valence-corrected chi connectivity index (χ4v) is 3.27. The van der Waals surface area contributed by atoms with Gasteiger partial charge < -0.3 is 20.2 Å².